The molecule has 0 aliphatic carbocycles. The highest BCUT2D eigenvalue weighted by molar-refractivity contribution is 5.92. The number of hydrogen-bond acceptors (Lipinski definition) is 4. The van der Waals surface area contributed by atoms with Crippen LogP contribution in [0.2, 0.25) is 0 Å². The third-order valence-electron chi connectivity index (χ3n) is 4.68. The van der Waals surface area contributed by atoms with Gasteiger partial charge in [0.1, 0.15) is 0 Å². The number of nitrogens with one attached hydrogen (secondary N) is 1. The van der Waals surface area contributed by atoms with Crippen molar-refractivity contribution in [2.75, 3.05) is 33.2 Å². The zero-order valence-corrected chi connectivity index (χ0v) is 11.8. The van der Waals surface area contributed by atoms with Crippen molar-refractivity contribution in [1.82, 2.24) is 19.8 Å². The van der Waals surface area contributed by atoms with Crippen molar-refractivity contribution in [3.05, 3.63) is 28.4 Å². The minimum atomic E-state index is -0.401. The average Bonchev–Trinajstić information content (AvgIpc) is 2.87. The zero-order chi connectivity index (χ0) is 14.2. The molecule has 1 aromatic rings. The summed E-state index contributed by atoms with van der Waals surface area (Å²) < 4.78 is 0. The Morgan fingerprint density at radius 1 is 1.30 bits per heavy atom. The monoisotopic (exact) mass is 276 g/mol. The van der Waals surface area contributed by atoms with Crippen LogP contribution >= 0.6 is 0 Å². The van der Waals surface area contributed by atoms with Crippen LogP contribution in [0.3, 0.4) is 0 Å². The van der Waals surface area contributed by atoms with Crippen LogP contribution in [0.5, 0.6) is 0 Å². The number of aromatic nitrogens is 2. The van der Waals surface area contributed by atoms with Gasteiger partial charge in [-0.05, 0) is 44.8 Å². The minimum absolute atomic E-state index is 0.0116. The summed E-state index contributed by atoms with van der Waals surface area (Å²) in [6.45, 7) is 3.67. The average molecular weight is 276 g/mol. The summed E-state index contributed by atoms with van der Waals surface area (Å²) in [7, 11) is 2.14. The van der Waals surface area contributed by atoms with Crippen molar-refractivity contribution in [2.24, 2.45) is 5.41 Å². The van der Waals surface area contributed by atoms with Gasteiger partial charge in [-0.1, -0.05) is 0 Å². The SMILES string of the molecule is CN1CCC2(CC1)CCN(C(=O)c1ncc[nH]c1=O)C2. The highest BCUT2D eigenvalue weighted by Crippen LogP contribution is 2.40. The van der Waals surface area contributed by atoms with Gasteiger partial charge in [-0.15, -0.1) is 0 Å². The van der Waals surface area contributed by atoms with Gasteiger partial charge in [-0.25, -0.2) is 4.98 Å². The maximum atomic E-state index is 12.4. The molecule has 2 saturated heterocycles. The lowest BCUT2D eigenvalue weighted by atomic mass is 9.78. The summed E-state index contributed by atoms with van der Waals surface area (Å²) in [5.74, 6) is -0.234. The maximum Gasteiger partial charge on any atom is 0.279 e. The second-order valence-electron chi connectivity index (χ2n) is 6.05. The molecule has 20 heavy (non-hydrogen) atoms. The third kappa shape index (κ3) is 2.35. The molecule has 2 fully saturated rings. The lowest BCUT2D eigenvalue weighted by Crippen LogP contribution is -2.41. The first kappa shape index (κ1) is 13.3. The van der Waals surface area contributed by atoms with Crippen LogP contribution in [0.4, 0.5) is 0 Å². The number of rotatable bonds is 1. The fraction of sp³-hybridized carbons (Fsp3) is 0.643. The normalized spacial score (nSPS) is 22.4. The van der Waals surface area contributed by atoms with E-state index in [9.17, 15) is 9.59 Å². The highest BCUT2D eigenvalue weighted by atomic mass is 16.2. The number of hydrogen-bond donors (Lipinski definition) is 1. The van der Waals surface area contributed by atoms with E-state index in [1.165, 1.54) is 12.4 Å². The molecule has 0 radical (unpaired) electrons. The van der Waals surface area contributed by atoms with Crippen LogP contribution < -0.4 is 5.56 Å². The zero-order valence-electron chi connectivity index (χ0n) is 11.8. The first-order chi connectivity index (χ1) is 9.60. The molecular formula is C14H20N4O2. The van der Waals surface area contributed by atoms with E-state index >= 15 is 0 Å². The molecule has 0 unspecified atom stereocenters. The lowest BCUT2D eigenvalue weighted by molar-refractivity contribution is 0.0729. The molecular weight excluding hydrogens is 256 g/mol. The van der Waals surface area contributed by atoms with Gasteiger partial charge in [0, 0.05) is 25.5 Å². The molecule has 6 nitrogen and oxygen atoms in total. The van der Waals surface area contributed by atoms with Crippen molar-refractivity contribution in [2.45, 2.75) is 19.3 Å². The molecule has 108 valence electrons. The molecule has 0 aromatic carbocycles. The summed E-state index contributed by atoms with van der Waals surface area (Å²) in [5.41, 5.74) is -0.136. The van der Waals surface area contributed by atoms with Crippen molar-refractivity contribution >= 4 is 5.91 Å². The predicted molar refractivity (Wildman–Crippen MR) is 74.5 cm³/mol. The quantitative estimate of drug-likeness (QED) is 0.802. The second-order valence-corrected chi connectivity index (χ2v) is 6.05. The minimum Gasteiger partial charge on any atom is -0.337 e. The number of H-pyrrole nitrogens is 1. The number of carbonyl (C=O) groups excluding carboxylic acids is 1. The summed E-state index contributed by atoms with van der Waals surface area (Å²) in [5, 5.41) is 0. The van der Waals surface area contributed by atoms with Gasteiger partial charge in [-0.2, -0.15) is 0 Å². The topological polar surface area (TPSA) is 69.3 Å². The van der Waals surface area contributed by atoms with Crippen LogP contribution in [0, 0.1) is 5.41 Å². The van der Waals surface area contributed by atoms with Crippen LogP contribution in [0.1, 0.15) is 29.8 Å². The predicted octanol–water partition coefficient (Wildman–Crippen LogP) is 0.328. The van der Waals surface area contributed by atoms with E-state index in [1.807, 2.05) is 0 Å². The Balaban J connectivity index is 1.73. The number of piperidine rings is 1. The lowest BCUT2D eigenvalue weighted by Gasteiger charge is -2.37. The Kier molecular flexibility index (Phi) is 3.33. The molecule has 2 aliphatic rings. The Morgan fingerprint density at radius 3 is 2.70 bits per heavy atom. The molecule has 1 N–H and O–H groups in total. The van der Waals surface area contributed by atoms with Crippen molar-refractivity contribution < 1.29 is 4.79 Å². The number of aromatic amines is 1. The summed E-state index contributed by atoms with van der Waals surface area (Å²) in [6, 6.07) is 0. The Bertz CT molecular complexity index is 560. The Labute approximate surface area is 117 Å². The van der Waals surface area contributed by atoms with Gasteiger partial charge >= 0.3 is 0 Å². The van der Waals surface area contributed by atoms with Crippen LogP contribution in [-0.4, -0.2) is 58.9 Å². The van der Waals surface area contributed by atoms with Gasteiger partial charge in [0.15, 0.2) is 5.69 Å². The van der Waals surface area contributed by atoms with Crippen LogP contribution in [0.15, 0.2) is 17.2 Å². The number of carbonyl (C=O) groups is 1. The van der Waals surface area contributed by atoms with Gasteiger partial charge in [-0.3, -0.25) is 9.59 Å². The van der Waals surface area contributed by atoms with Crippen molar-refractivity contribution in [3.63, 3.8) is 0 Å². The molecule has 6 heteroatoms. The molecule has 2 aliphatic heterocycles. The molecule has 1 spiro atoms. The first-order valence-corrected chi connectivity index (χ1v) is 7.11. The standard InChI is InChI=1S/C14H20N4O2/c1-17-7-2-14(3-8-17)4-9-18(10-14)13(20)11-12(19)16-6-5-15-11/h5-6H,2-4,7-10H2,1H3,(H,16,19). The summed E-state index contributed by atoms with van der Waals surface area (Å²) in [4.78, 5) is 34.6. The summed E-state index contributed by atoms with van der Waals surface area (Å²) in [6.07, 6.45) is 6.20. The van der Waals surface area contributed by atoms with Gasteiger partial charge in [0.2, 0.25) is 0 Å². The van der Waals surface area contributed by atoms with Crippen molar-refractivity contribution in [3.8, 4) is 0 Å². The fourth-order valence-corrected chi connectivity index (χ4v) is 3.26. The van der Waals surface area contributed by atoms with Crippen molar-refractivity contribution in [1.29, 1.82) is 0 Å². The first-order valence-electron chi connectivity index (χ1n) is 7.11. The van der Waals surface area contributed by atoms with E-state index in [2.05, 4.69) is 21.9 Å². The molecule has 3 heterocycles. The third-order valence-corrected chi connectivity index (χ3v) is 4.68. The molecule has 0 atom stereocenters. The van der Waals surface area contributed by atoms with Crippen LogP contribution in [-0.2, 0) is 0 Å². The van der Waals surface area contributed by atoms with E-state index in [1.54, 1.807) is 4.90 Å². The Hall–Kier alpha value is -1.69. The molecule has 0 bridgehead atoms. The molecule has 1 aromatic heterocycles. The van der Waals surface area contributed by atoms with E-state index in [4.69, 9.17) is 0 Å². The van der Waals surface area contributed by atoms with E-state index in [0.29, 0.717) is 0 Å². The number of amides is 1. The molecule has 1 amide bonds. The van der Waals surface area contributed by atoms with Gasteiger partial charge in [0.25, 0.3) is 11.5 Å². The smallest absolute Gasteiger partial charge is 0.279 e. The number of likely N-dealkylation sites (tertiary alicyclic amines) is 2. The largest absolute Gasteiger partial charge is 0.337 e. The fourth-order valence-electron chi connectivity index (χ4n) is 3.26. The Morgan fingerprint density at radius 2 is 2.00 bits per heavy atom. The molecule has 3 rings (SSSR count). The highest BCUT2D eigenvalue weighted by Gasteiger charge is 2.42. The van der Waals surface area contributed by atoms with E-state index in [0.717, 1.165) is 45.4 Å². The van der Waals surface area contributed by atoms with Gasteiger partial charge < -0.3 is 14.8 Å². The van der Waals surface area contributed by atoms with Gasteiger partial charge in [0.05, 0.1) is 0 Å². The second kappa shape index (κ2) is 5.01. The maximum absolute atomic E-state index is 12.4. The molecule has 0 saturated carbocycles. The van der Waals surface area contributed by atoms with E-state index in [-0.39, 0.29) is 17.0 Å². The number of nitrogens with zero attached hydrogens (tertiary/aromatic N) is 3. The van der Waals surface area contributed by atoms with Crippen LogP contribution in [0.25, 0.3) is 0 Å². The van der Waals surface area contributed by atoms with E-state index < -0.39 is 5.56 Å². The summed E-state index contributed by atoms with van der Waals surface area (Å²) >= 11 is 0.